The zero-order valence-electron chi connectivity index (χ0n) is 29.0. The number of hydrogen-bond acceptors (Lipinski definition) is 6. The summed E-state index contributed by atoms with van der Waals surface area (Å²) in [6.45, 7) is 6.00. The van der Waals surface area contributed by atoms with Crippen LogP contribution in [0.5, 0.6) is 0 Å². The normalized spacial score (nSPS) is 17.3. The molecule has 260 valence electrons. The lowest BCUT2D eigenvalue weighted by Gasteiger charge is -2.34. The van der Waals surface area contributed by atoms with Crippen molar-refractivity contribution in [1.82, 2.24) is 20.4 Å². The molecule has 6 atom stereocenters. The molecule has 0 spiro atoms. The average Bonchev–Trinajstić information content (AvgIpc) is 3.09. The van der Waals surface area contributed by atoms with Gasteiger partial charge >= 0.3 is 0 Å². The Morgan fingerprint density at radius 3 is 2.26 bits per heavy atom. The first kappa shape index (κ1) is 39.8. The smallest absolute Gasteiger partial charge is 0.244 e. The first-order chi connectivity index (χ1) is 22.5. The highest BCUT2D eigenvalue weighted by atomic mass is 16.3. The van der Waals surface area contributed by atoms with Crippen LogP contribution in [0.15, 0.2) is 30.3 Å². The molecule has 1 aliphatic rings. The third-order valence-electron chi connectivity index (χ3n) is 9.57. The van der Waals surface area contributed by atoms with Crippen LogP contribution in [0.25, 0.3) is 0 Å². The molecule has 1 aromatic rings. The number of aliphatic hydroxyl groups excluding tert-OH is 2. The first-order valence-corrected chi connectivity index (χ1v) is 17.4. The Morgan fingerprint density at radius 2 is 1.66 bits per heavy atom. The Balaban J connectivity index is 2.31. The fourth-order valence-electron chi connectivity index (χ4n) is 6.20. The summed E-state index contributed by atoms with van der Waals surface area (Å²) in [6, 6.07) is 7.65. The topological polar surface area (TPSA) is 122 Å². The van der Waals surface area contributed by atoms with Crippen molar-refractivity contribution in [2.45, 2.75) is 109 Å². The van der Waals surface area contributed by atoms with Gasteiger partial charge in [-0.25, -0.2) is 0 Å². The van der Waals surface area contributed by atoms with Gasteiger partial charge in [0.1, 0.15) is 12.1 Å². The van der Waals surface area contributed by atoms with Crippen LogP contribution in [-0.4, -0.2) is 95.8 Å². The summed E-state index contributed by atoms with van der Waals surface area (Å²) in [5, 5.41) is 27.8. The van der Waals surface area contributed by atoms with E-state index < -0.39 is 47.9 Å². The van der Waals surface area contributed by atoms with E-state index in [1.165, 1.54) is 0 Å². The third-order valence-corrected chi connectivity index (χ3v) is 9.57. The summed E-state index contributed by atoms with van der Waals surface area (Å²) >= 11 is 0. The van der Waals surface area contributed by atoms with E-state index in [2.05, 4.69) is 34.3 Å². The fourth-order valence-corrected chi connectivity index (χ4v) is 6.20. The van der Waals surface area contributed by atoms with E-state index in [1.54, 1.807) is 11.9 Å². The number of benzene rings is 1. The van der Waals surface area contributed by atoms with Crippen LogP contribution >= 0.6 is 0 Å². The predicted octanol–water partition coefficient (Wildman–Crippen LogP) is 3.38. The van der Waals surface area contributed by atoms with E-state index in [0.717, 1.165) is 44.2 Å². The van der Waals surface area contributed by atoms with Gasteiger partial charge in [0, 0.05) is 38.9 Å². The molecule has 9 nitrogen and oxygen atoms in total. The van der Waals surface area contributed by atoms with Gasteiger partial charge in [-0.2, -0.15) is 0 Å². The van der Waals surface area contributed by atoms with Crippen molar-refractivity contribution in [2.24, 2.45) is 17.8 Å². The maximum atomic E-state index is 14.0. The second-order valence-electron chi connectivity index (χ2n) is 13.1. The van der Waals surface area contributed by atoms with E-state index in [9.17, 15) is 24.6 Å². The van der Waals surface area contributed by atoms with Crippen molar-refractivity contribution >= 4 is 17.7 Å². The van der Waals surface area contributed by atoms with Gasteiger partial charge in [-0.1, -0.05) is 76.3 Å². The molecule has 0 aliphatic heterocycles. The van der Waals surface area contributed by atoms with Gasteiger partial charge in [-0.3, -0.25) is 14.4 Å². The molecule has 1 fully saturated rings. The summed E-state index contributed by atoms with van der Waals surface area (Å²) in [6.07, 6.45) is 15.9. The lowest BCUT2D eigenvalue weighted by Crippen LogP contribution is -2.57. The number of rotatable bonds is 20. The van der Waals surface area contributed by atoms with Gasteiger partial charge < -0.3 is 30.6 Å². The lowest BCUT2D eigenvalue weighted by atomic mass is 9.82. The largest absolute Gasteiger partial charge is 0.390 e. The zero-order valence-corrected chi connectivity index (χ0v) is 29.0. The Kier molecular flexibility index (Phi) is 18.2. The molecule has 4 N–H and O–H groups in total. The molecular formula is C38H58N4O5. The number of likely N-dealkylation sites (N-methyl/N-ethyl adjacent to an activating group) is 2. The molecule has 0 heterocycles. The van der Waals surface area contributed by atoms with Crippen LogP contribution in [0.2, 0.25) is 0 Å². The van der Waals surface area contributed by atoms with Crippen molar-refractivity contribution in [3.63, 3.8) is 0 Å². The summed E-state index contributed by atoms with van der Waals surface area (Å²) in [7, 11) is 3.72. The minimum absolute atomic E-state index is 0.0291. The number of carbonyl (C=O) groups is 3. The first-order valence-electron chi connectivity index (χ1n) is 17.4. The zero-order chi connectivity index (χ0) is 34.8. The third kappa shape index (κ3) is 13.7. The Labute approximate surface area is 283 Å². The van der Waals surface area contributed by atoms with E-state index in [4.69, 9.17) is 12.8 Å². The molecule has 1 unspecified atom stereocenters. The molecule has 1 aliphatic carbocycles. The minimum atomic E-state index is -1.23. The van der Waals surface area contributed by atoms with Gasteiger partial charge in [-0.05, 0) is 50.8 Å². The number of aliphatic hydroxyl groups is 2. The molecule has 1 aromatic carbocycles. The number of carbonyl (C=O) groups excluding carboxylic acids is 3. The molecule has 3 amide bonds. The highest BCUT2D eigenvalue weighted by Gasteiger charge is 2.36. The number of nitrogens with one attached hydrogen (secondary N) is 2. The molecule has 0 saturated heterocycles. The fraction of sp³-hybridized carbons (Fsp3) is 0.658. The Morgan fingerprint density at radius 1 is 0.979 bits per heavy atom. The number of amides is 3. The SMILES string of the molecule is C#CCC[C@H](O)[C@H](O)[C@H](CC1CCCCC1)NC(=O)[C@@H](NC(=O)[C@@H](CC(=O)N(C)CCN(C)CC)Cc1ccccc1)C(C#C)CC. The van der Waals surface area contributed by atoms with E-state index in [0.29, 0.717) is 44.7 Å². The highest BCUT2D eigenvalue weighted by Crippen LogP contribution is 2.29. The average molecular weight is 651 g/mol. The minimum Gasteiger partial charge on any atom is -0.390 e. The molecule has 0 aromatic heterocycles. The number of nitrogens with zero attached hydrogens (tertiary/aromatic N) is 2. The van der Waals surface area contributed by atoms with Crippen molar-refractivity contribution < 1.29 is 24.6 Å². The molecular weight excluding hydrogens is 592 g/mol. The van der Waals surface area contributed by atoms with E-state index >= 15 is 0 Å². The number of terminal acetylenes is 2. The standard InChI is InChI=1S/C38H58N4O5/c1-7-11-22-33(43)36(45)32(26-29-20-16-13-17-21-29)39-38(47)35(30(8-2)9-3)40-37(46)31(25-28-18-14-12-15-19-28)27-34(44)42(6)24-23-41(5)10-4/h1-2,12,14-15,18-19,29-33,35-36,43,45H,9-11,13,16-17,20-27H2,3-6H3,(H,39,47)(H,40,46)/t30?,31-,32+,33+,35+,36-/m1/s1. The van der Waals surface area contributed by atoms with Gasteiger partial charge in [-0.15, -0.1) is 24.7 Å². The molecule has 47 heavy (non-hydrogen) atoms. The summed E-state index contributed by atoms with van der Waals surface area (Å²) in [5.41, 5.74) is 0.899. The van der Waals surface area contributed by atoms with Crippen LogP contribution in [0, 0.1) is 42.4 Å². The van der Waals surface area contributed by atoms with Crippen LogP contribution in [0.3, 0.4) is 0 Å². The predicted molar refractivity (Wildman–Crippen MR) is 187 cm³/mol. The second-order valence-corrected chi connectivity index (χ2v) is 13.1. The molecule has 0 bridgehead atoms. The highest BCUT2D eigenvalue weighted by molar-refractivity contribution is 5.91. The quantitative estimate of drug-likeness (QED) is 0.161. The molecule has 9 heteroatoms. The van der Waals surface area contributed by atoms with E-state index in [-0.39, 0.29) is 18.7 Å². The molecule has 1 saturated carbocycles. The summed E-state index contributed by atoms with van der Waals surface area (Å²) in [4.78, 5) is 45.0. The summed E-state index contributed by atoms with van der Waals surface area (Å²) < 4.78 is 0. The van der Waals surface area contributed by atoms with Crippen molar-refractivity contribution in [3.8, 4) is 24.7 Å². The maximum absolute atomic E-state index is 14.0. The number of hydrogen-bond donors (Lipinski definition) is 4. The van der Waals surface area contributed by atoms with E-state index in [1.807, 2.05) is 44.3 Å². The lowest BCUT2D eigenvalue weighted by molar-refractivity contribution is -0.137. The molecule has 0 radical (unpaired) electrons. The Bertz CT molecular complexity index is 1170. The molecule has 2 rings (SSSR count). The summed E-state index contributed by atoms with van der Waals surface area (Å²) in [5.74, 6) is 2.97. The van der Waals surface area contributed by atoms with Crippen molar-refractivity contribution in [3.05, 3.63) is 35.9 Å². The van der Waals surface area contributed by atoms with Gasteiger partial charge in [0.15, 0.2) is 0 Å². The van der Waals surface area contributed by atoms with Gasteiger partial charge in [0.25, 0.3) is 0 Å². The van der Waals surface area contributed by atoms with Crippen molar-refractivity contribution in [1.29, 1.82) is 0 Å². The van der Waals surface area contributed by atoms with Crippen LogP contribution in [0.4, 0.5) is 0 Å². The monoisotopic (exact) mass is 650 g/mol. The van der Waals surface area contributed by atoms with Gasteiger partial charge in [0.05, 0.1) is 18.1 Å². The van der Waals surface area contributed by atoms with Gasteiger partial charge in [0.2, 0.25) is 17.7 Å². The van der Waals surface area contributed by atoms with Crippen LogP contribution < -0.4 is 10.6 Å². The van der Waals surface area contributed by atoms with Crippen molar-refractivity contribution in [2.75, 3.05) is 33.7 Å². The van der Waals surface area contributed by atoms with Crippen LogP contribution in [0.1, 0.15) is 83.6 Å². The Hall–Kier alpha value is -3.37. The second kappa shape index (κ2) is 21.5. The maximum Gasteiger partial charge on any atom is 0.244 e. The van der Waals surface area contributed by atoms with Crippen LogP contribution in [-0.2, 0) is 20.8 Å².